The molecular formula is C13H15ClN2O4. The van der Waals surface area contributed by atoms with Gasteiger partial charge in [0.2, 0.25) is 5.28 Å². The van der Waals surface area contributed by atoms with Crippen LogP contribution in [0.4, 0.5) is 0 Å². The summed E-state index contributed by atoms with van der Waals surface area (Å²) < 4.78 is 4.86. The standard InChI is InChI=1S/C13H15ClN2O4/c1-3-20-12(19)10(5-4-8(2)17)11(18)9-6-15-13(14)16-7-9/h6-7,10H,3-5H2,1-2H3. The molecule has 108 valence electrons. The molecule has 0 saturated carbocycles. The van der Waals surface area contributed by atoms with Gasteiger partial charge in [0.25, 0.3) is 0 Å². The Morgan fingerprint density at radius 3 is 2.40 bits per heavy atom. The number of carbonyl (C=O) groups is 3. The van der Waals surface area contributed by atoms with Crippen molar-refractivity contribution in [3.63, 3.8) is 0 Å². The lowest BCUT2D eigenvalue weighted by atomic mass is 9.94. The molecule has 1 unspecified atom stereocenters. The first-order chi connectivity index (χ1) is 9.45. The molecule has 0 amide bonds. The summed E-state index contributed by atoms with van der Waals surface area (Å²) in [7, 11) is 0. The molecule has 0 saturated heterocycles. The monoisotopic (exact) mass is 298 g/mol. The number of hydrogen-bond donors (Lipinski definition) is 0. The Hall–Kier alpha value is -1.82. The largest absolute Gasteiger partial charge is 0.465 e. The summed E-state index contributed by atoms with van der Waals surface area (Å²) in [4.78, 5) is 42.5. The number of ether oxygens (including phenoxy) is 1. The highest BCUT2D eigenvalue weighted by Gasteiger charge is 2.29. The van der Waals surface area contributed by atoms with Gasteiger partial charge in [-0.15, -0.1) is 0 Å². The second-order valence-electron chi connectivity index (χ2n) is 4.15. The molecule has 0 bridgehead atoms. The van der Waals surface area contributed by atoms with Crippen LogP contribution in [-0.4, -0.2) is 34.1 Å². The summed E-state index contributed by atoms with van der Waals surface area (Å²) in [5.41, 5.74) is 0.163. The molecule has 1 aromatic rings. The van der Waals surface area contributed by atoms with Gasteiger partial charge in [0.05, 0.1) is 12.2 Å². The summed E-state index contributed by atoms with van der Waals surface area (Å²) in [6.07, 6.45) is 2.73. The van der Waals surface area contributed by atoms with Crippen molar-refractivity contribution in [2.75, 3.05) is 6.61 Å². The maximum Gasteiger partial charge on any atom is 0.316 e. The highest BCUT2D eigenvalue weighted by molar-refractivity contribution is 6.28. The van der Waals surface area contributed by atoms with Crippen molar-refractivity contribution in [3.05, 3.63) is 23.2 Å². The predicted octanol–water partition coefficient (Wildman–Crippen LogP) is 1.86. The Bertz CT molecular complexity index is 502. The minimum Gasteiger partial charge on any atom is -0.465 e. The van der Waals surface area contributed by atoms with Crippen LogP contribution in [0.25, 0.3) is 0 Å². The molecule has 0 aliphatic carbocycles. The third-order valence-corrected chi connectivity index (χ3v) is 2.77. The van der Waals surface area contributed by atoms with Crippen LogP contribution in [0.5, 0.6) is 0 Å². The minimum atomic E-state index is -1.02. The Morgan fingerprint density at radius 1 is 1.30 bits per heavy atom. The molecule has 0 N–H and O–H groups in total. The first-order valence-electron chi connectivity index (χ1n) is 6.13. The Balaban J connectivity index is 2.90. The lowest BCUT2D eigenvalue weighted by molar-refractivity contribution is -0.146. The number of ketones is 2. The quantitative estimate of drug-likeness (QED) is 0.330. The molecule has 0 aliphatic rings. The van der Waals surface area contributed by atoms with Crippen molar-refractivity contribution < 1.29 is 19.1 Å². The van der Waals surface area contributed by atoms with Gasteiger partial charge in [0.1, 0.15) is 11.7 Å². The average Bonchev–Trinajstić information content (AvgIpc) is 2.39. The van der Waals surface area contributed by atoms with E-state index in [0.29, 0.717) is 0 Å². The van der Waals surface area contributed by atoms with E-state index in [0.717, 1.165) is 0 Å². The van der Waals surface area contributed by atoms with E-state index >= 15 is 0 Å². The van der Waals surface area contributed by atoms with Crippen LogP contribution in [-0.2, 0) is 14.3 Å². The SMILES string of the molecule is CCOC(=O)C(CCC(C)=O)C(=O)c1cnc(Cl)nc1. The van der Waals surface area contributed by atoms with E-state index in [1.165, 1.54) is 19.3 Å². The van der Waals surface area contributed by atoms with Crippen LogP contribution >= 0.6 is 11.6 Å². The molecule has 6 nitrogen and oxygen atoms in total. The number of aromatic nitrogens is 2. The second kappa shape index (κ2) is 7.69. The van der Waals surface area contributed by atoms with Crippen molar-refractivity contribution in [1.29, 1.82) is 0 Å². The summed E-state index contributed by atoms with van der Waals surface area (Å²) in [6, 6.07) is 0. The summed E-state index contributed by atoms with van der Waals surface area (Å²) in [5.74, 6) is -2.24. The predicted molar refractivity (Wildman–Crippen MR) is 71.4 cm³/mol. The van der Waals surface area contributed by atoms with Gasteiger partial charge in [0.15, 0.2) is 5.78 Å². The summed E-state index contributed by atoms with van der Waals surface area (Å²) in [6.45, 7) is 3.22. The van der Waals surface area contributed by atoms with Crippen LogP contribution in [0.1, 0.15) is 37.0 Å². The van der Waals surface area contributed by atoms with Crippen LogP contribution in [0, 0.1) is 5.92 Å². The molecule has 0 fully saturated rings. The van der Waals surface area contributed by atoms with Crippen LogP contribution < -0.4 is 0 Å². The fourth-order valence-electron chi connectivity index (χ4n) is 1.59. The number of carbonyl (C=O) groups excluding carboxylic acids is 3. The smallest absolute Gasteiger partial charge is 0.316 e. The number of esters is 1. The van der Waals surface area contributed by atoms with Gasteiger partial charge in [0, 0.05) is 18.8 Å². The number of hydrogen-bond acceptors (Lipinski definition) is 6. The zero-order chi connectivity index (χ0) is 15.1. The van der Waals surface area contributed by atoms with E-state index in [9.17, 15) is 14.4 Å². The zero-order valence-electron chi connectivity index (χ0n) is 11.3. The molecule has 0 radical (unpaired) electrons. The van der Waals surface area contributed by atoms with Crippen molar-refractivity contribution in [2.45, 2.75) is 26.7 Å². The average molecular weight is 299 g/mol. The fraction of sp³-hybridized carbons (Fsp3) is 0.462. The molecule has 1 atom stereocenters. The number of nitrogens with zero attached hydrogens (tertiary/aromatic N) is 2. The molecule has 1 heterocycles. The highest BCUT2D eigenvalue weighted by Crippen LogP contribution is 2.16. The van der Waals surface area contributed by atoms with E-state index in [1.54, 1.807) is 6.92 Å². The van der Waals surface area contributed by atoms with Gasteiger partial charge >= 0.3 is 5.97 Å². The molecule has 0 aromatic carbocycles. The normalized spacial score (nSPS) is 11.8. The molecule has 1 rings (SSSR count). The van der Waals surface area contributed by atoms with E-state index in [-0.39, 0.29) is 36.1 Å². The third kappa shape index (κ3) is 4.70. The molecule has 1 aromatic heterocycles. The van der Waals surface area contributed by atoms with Gasteiger partial charge in [-0.1, -0.05) is 0 Å². The van der Waals surface area contributed by atoms with Crippen molar-refractivity contribution >= 4 is 29.1 Å². The lowest BCUT2D eigenvalue weighted by Crippen LogP contribution is -2.27. The molecule has 0 aliphatic heterocycles. The van der Waals surface area contributed by atoms with Crippen LogP contribution in [0.2, 0.25) is 5.28 Å². The van der Waals surface area contributed by atoms with E-state index in [4.69, 9.17) is 16.3 Å². The lowest BCUT2D eigenvalue weighted by Gasteiger charge is -2.13. The first kappa shape index (κ1) is 16.2. The maximum atomic E-state index is 12.2. The van der Waals surface area contributed by atoms with Crippen molar-refractivity contribution in [2.24, 2.45) is 5.92 Å². The zero-order valence-corrected chi connectivity index (χ0v) is 12.0. The molecule has 0 spiro atoms. The number of halogens is 1. The molecule has 20 heavy (non-hydrogen) atoms. The van der Waals surface area contributed by atoms with Gasteiger partial charge in [-0.05, 0) is 31.9 Å². The minimum absolute atomic E-state index is 0.0120. The Labute approximate surface area is 121 Å². The highest BCUT2D eigenvalue weighted by atomic mass is 35.5. The van der Waals surface area contributed by atoms with E-state index < -0.39 is 17.7 Å². The van der Waals surface area contributed by atoms with Gasteiger partial charge in [-0.2, -0.15) is 0 Å². The van der Waals surface area contributed by atoms with Crippen molar-refractivity contribution in [1.82, 2.24) is 9.97 Å². The first-order valence-corrected chi connectivity index (χ1v) is 6.51. The van der Waals surface area contributed by atoms with Crippen LogP contribution in [0.3, 0.4) is 0 Å². The molecular weight excluding hydrogens is 284 g/mol. The third-order valence-electron chi connectivity index (χ3n) is 2.58. The van der Waals surface area contributed by atoms with E-state index in [1.807, 2.05) is 0 Å². The fourth-order valence-corrected chi connectivity index (χ4v) is 1.68. The summed E-state index contributed by atoms with van der Waals surface area (Å²) >= 11 is 5.54. The van der Waals surface area contributed by atoms with E-state index in [2.05, 4.69) is 9.97 Å². The van der Waals surface area contributed by atoms with Gasteiger partial charge in [-0.25, -0.2) is 9.97 Å². The Kier molecular flexibility index (Phi) is 6.24. The Morgan fingerprint density at radius 2 is 1.90 bits per heavy atom. The second-order valence-corrected chi connectivity index (χ2v) is 4.49. The van der Waals surface area contributed by atoms with Crippen LogP contribution in [0.15, 0.2) is 12.4 Å². The van der Waals surface area contributed by atoms with Gasteiger partial charge in [-0.3, -0.25) is 9.59 Å². The number of rotatable bonds is 7. The van der Waals surface area contributed by atoms with Gasteiger partial charge < -0.3 is 9.53 Å². The number of Topliss-reactive ketones (excluding diaryl/α,β-unsaturated/α-hetero) is 2. The van der Waals surface area contributed by atoms with Crippen molar-refractivity contribution in [3.8, 4) is 0 Å². The maximum absolute atomic E-state index is 12.2. The topological polar surface area (TPSA) is 86.2 Å². The summed E-state index contributed by atoms with van der Waals surface area (Å²) in [5, 5.41) is 0.0120. The molecule has 7 heteroatoms.